The van der Waals surface area contributed by atoms with E-state index in [2.05, 4.69) is 9.62 Å². The normalized spacial score (nSPS) is 15.2. The van der Waals surface area contributed by atoms with Gasteiger partial charge in [-0.05, 0) is 54.1 Å². The zero-order valence-electron chi connectivity index (χ0n) is 19.5. The largest absolute Gasteiger partial charge is 1.00 e. The summed E-state index contributed by atoms with van der Waals surface area (Å²) >= 11 is 12.1. The topological polar surface area (TPSA) is 88.2 Å². The molecule has 37 heavy (non-hydrogen) atoms. The SMILES string of the molecule is O=C(c1cccc(S(=O)(=O)Nc2cc(Cl)ccc2Cl)c1)N1CCN(Cc2ccc3c(c2)OCO3)CC1.[Cl-]. The van der Waals surface area contributed by atoms with Crippen molar-refractivity contribution in [3.63, 3.8) is 0 Å². The Morgan fingerprint density at radius 3 is 2.46 bits per heavy atom. The lowest BCUT2D eigenvalue weighted by atomic mass is 10.1. The average molecular weight is 584 g/mol. The molecule has 3 aromatic rings. The highest BCUT2D eigenvalue weighted by Crippen LogP contribution is 2.33. The van der Waals surface area contributed by atoms with Crippen LogP contribution >= 0.6 is 23.2 Å². The number of fused-ring (bicyclic) bond motifs is 1. The second-order valence-corrected chi connectivity index (χ2v) is 11.0. The van der Waals surface area contributed by atoms with Crippen molar-refractivity contribution in [2.75, 3.05) is 37.7 Å². The molecule has 0 unspecified atom stereocenters. The molecule has 0 aromatic heterocycles. The summed E-state index contributed by atoms with van der Waals surface area (Å²) in [5.41, 5.74) is 1.59. The van der Waals surface area contributed by atoms with Crippen molar-refractivity contribution >= 4 is 44.8 Å². The van der Waals surface area contributed by atoms with Gasteiger partial charge in [0.05, 0.1) is 15.6 Å². The first-order valence-electron chi connectivity index (χ1n) is 11.3. The fourth-order valence-electron chi connectivity index (χ4n) is 4.16. The summed E-state index contributed by atoms with van der Waals surface area (Å²) in [5, 5.41) is 0.563. The van der Waals surface area contributed by atoms with E-state index in [1.54, 1.807) is 23.1 Å². The van der Waals surface area contributed by atoms with Crippen LogP contribution in [0.5, 0.6) is 11.5 Å². The van der Waals surface area contributed by atoms with Crippen LogP contribution in [0.2, 0.25) is 10.0 Å². The van der Waals surface area contributed by atoms with Gasteiger partial charge in [-0.3, -0.25) is 14.4 Å². The minimum absolute atomic E-state index is 0. The lowest BCUT2D eigenvalue weighted by molar-refractivity contribution is -0.0000218. The summed E-state index contributed by atoms with van der Waals surface area (Å²) in [4.78, 5) is 17.1. The monoisotopic (exact) mass is 582 g/mol. The van der Waals surface area contributed by atoms with E-state index < -0.39 is 10.0 Å². The highest BCUT2D eigenvalue weighted by Gasteiger charge is 2.25. The Balaban J connectivity index is 0.00000320. The fourth-order valence-corrected chi connectivity index (χ4v) is 5.67. The number of hydrogen-bond donors (Lipinski definition) is 1. The molecule has 12 heteroatoms. The van der Waals surface area contributed by atoms with Gasteiger partial charge in [-0.15, -0.1) is 0 Å². The number of anilines is 1. The van der Waals surface area contributed by atoms with Crippen molar-refractivity contribution in [1.29, 1.82) is 0 Å². The summed E-state index contributed by atoms with van der Waals surface area (Å²) in [5.74, 6) is 1.29. The molecule has 2 heterocycles. The van der Waals surface area contributed by atoms with Crippen molar-refractivity contribution in [3.8, 4) is 11.5 Å². The highest BCUT2D eigenvalue weighted by molar-refractivity contribution is 7.92. The molecule has 3 aromatic carbocycles. The van der Waals surface area contributed by atoms with Gasteiger partial charge in [-0.25, -0.2) is 8.42 Å². The summed E-state index contributed by atoms with van der Waals surface area (Å²) in [6.07, 6.45) is 0. The first kappa shape index (κ1) is 27.3. The van der Waals surface area contributed by atoms with Gasteiger partial charge in [-0.1, -0.05) is 35.3 Å². The number of halogens is 3. The Hall–Kier alpha value is -2.69. The summed E-state index contributed by atoms with van der Waals surface area (Å²) in [7, 11) is -3.98. The Labute approximate surface area is 231 Å². The first-order chi connectivity index (χ1) is 17.3. The summed E-state index contributed by atoms with van der Waals surface area (Å²) in [6, 6.07) is 16.4. The summed E-state index contributed by atoms with van der Waals surface area (Å²) in [6.45, 7) is 3.46. The molecule has 0 saturated carbocycles. The number of ether oxygens (including phenoxy) is 2. The van der Waals surface area contributed by atoms with Crippen LogP contribution in [0.25, 0.3) is 0 Å². The van der Waals surface area contributed by atoms with E-state index in [0.717, 1.165) is 23.6 Å². The van der Waals surface area contributed by atoms with Crippen molar-refractivity contribution < 1.29 is 35.1 Å². The maximum absolute atomic E-state index is 13.2. The molecule has 2 aliphatic rings. The number of amides is 1. The first-order valence-corrected chi connectivity index (χ1v) is 13.5. The van der Waals surface area contributed by atoms with E-state index in [9.17, 15) is 13.2 Å². The number of nitrogens with zero attached hydrogens (tertiary/aromatic N) is 2. The van der Waals surface area contributed by atoms with Crippen molar-refractivity contribution in [3.05, 3.63) is 81.8 Å². The van der Waals surface area contributed by atoms with Crippen LogP contribution in [-0.4, -0.2) is 57.1 Å². The predicted octanol–water partition coefficient (Wildman–Crippen LogP) is 1.48. The van der Waals surface area contributed by atoms with Crippen LogP contribution in [-0.2, 0) is 16.6 Å². The maximum atomic E-state index is 13.2. The zero-order chi connectivity index (χ0) is 25.3. The minimum atomic E-state index is -3.98. The van der Waals surface area contributed by atoms with E-state index in [4.69, 9.17) is 32.7 Å². The number of rotatable bonds is 6. The molecule has 2 aliphatic heterocycles. The standard InChI is InChI=1S/C25H23Cl2N3O5S.ClH/c26-19-5-6-21(27)22(14-19)28-36(32,33)20-3-1-2-18(13-20)25(31)30-10-8-29(9-11-30)15-17-4-7-23-24(12-17)35-16-34-23;/h1-7,12-14,28H,8-11,15-16H2;1H/p-1. The van der Waals surface area contributed by atoms with E-state index in [1.807, 2.05) is 18.2 Å². The lowest BCUT2D eigenvalue weighted by Crippen LogP contribution is -3.00. The van der Waals surface area contributed by atoms with Gasteiger partial charge in [0, 0.05) is 43.3 Å². The lowest BCUT2D eigenvalue weighted by Gasteiger charge is -2.34. The molecule has 0 aliphatic carbocycles. The number of hydrogen-bond acceptors (Lipinski definition) is 6. The Morgan fingerprint density at radius 2 is 1.68 bits per heavy atom. The second kappa shape index (κ2) is 11.4. The van der Waals surface area contributed by atoms with Gasteiger partial charge in [0.25, 0.3) is 15.9 Å². The van der Waals surface area contributed by atoms with E-state index >= 15 is 0 Å². The van der Waals surface area contributed by atoms with Gasteiger partial charge in [-0.2, -0.15) is 0 Å². The second-order valence-electron chi connectivity index (χ2n) is 8.51. The van der Waals surface area contributed by atoms with Gasteiger partial charge in [0.2, 0.25) is 6.79 Å². The minimum Gasteiger partial charge on any atom is -1.00 e. The van der Waals surface area contributed by atoms with Crippen molar-refractivity contribution in [1.82, 2.24) is 9.80 Å². The van der Waals surface area contributed by atoms with Crippen molar-refractivity contribution in [2.24, 2.45) is 0 Å². The molecule has 1 saturated heterocycles. The smallest absolute Gasteiger partial charge is 0.261 e. The summed E-state index contributed by atoms with van der Waals surface area (Å²) < 4.78 is 39.1. The van der Waals surface area contributed by atoms with Gasteiger partial charge < -0.3 is 26.8 Å². The fraction of sp³-hybridized carbons (Fsp3) is 0.240. The molecule has 1 N–H and O–H groups in total. The third-order valence-corrected chi connectivity index (χ3v) is 7.99. The third kappa shape index (κ3) is 6.25. The molecule has 0 atom stereocenters. The number of nitrogens with one attached hydrogen (secondary N) is 1. The maximum Gasteiger partial charge on any atom is 0.261 e. The van der Waals surface area contributed by atoms with Gasteiger partial charge >= 0.3 is 0 Å². The quantitative estimate of drug-likeness (QED) is 0.473. The molecular formula is C25H23Cl3N3O5S-. The molecule has 1 fully saturated rings. The molecule has 1 amide bonds. The molecule has 196 valence electrons. The molecule has 0 radical (unpaired) electrons. The molecule has 0 bridgehead atoms. The number of carbonyl (C=O) groups excluding carboxylic acids is 1. The van der Waals surface area contributed by atoms with Gasteiger partial charge in [0.15, 0.2) is 11.5 Å². The average Bonchev–Trinajstić information content (AvgIpc) is 3.34. The predicted molar refractivity (Wildman–Crippen MR) is 137 cm³/mol. The molecular weight excluding hydrogens is 561 g/mol. The number of benzene rings is 3. The van der Waals surface area contributed by atoms with Crippen molar-refractivity contribution in [2.45, 2.75) is 11.4 Å². The molecule has 8 nitrogen and oxygen atoms in total. The molecule has 0 spiro atoms. The van der Waals surface area contributed by atoms with E-state index in [0.29, 0.717) is 36.8 Å². The van der Waals surface area contributed by atoms with Crippen LogP contribution in [0, 0.1) is 0 Å². The number of carbonyl (C=O) groups is 1. The van der Waals surface area contributed by atoms with E-state index in [1.165, 1.54) is 24.3 Å². The Kier molecular flexibility index (Phi) is 8.40. The van der Waals surface area contributed by atoms with Crippen LogP contribution in [0.15, 0.2) is 65.6 Å². The Morgan fingerprint density at radius 1 is 0.919 bits per heavy atom. The van der Waals surface area contributed by atoms with Crippen LogP contribution in [0.1, 0.15) is 15.9 Å². The zero-order valence-corrected chi connectivity index (χ0v) is 22.6. The van der Waals surface area contributed by atoms with Crippen LogP contribution in [0.4, 0.5) is 5.69 Å². The number of sulfonamides is 1. The van der Waals surface area contributed by atoms with Crippen LogP contribution in [0.3, 0.4) is 0 Å². The van der Waals surface area contributed by atoms with E-state index in [-0.39, 0.29) is 40.7 Å². The molecule has 5 rings (SSSR count). The third-order valence-electron chi connectivity index (χ3n) is 6.07. The number of piperazine rings is 1. The Bertz CT molecular complexity index is 1410. The van der Waals surface area contributed by atoms with Gasteiger partial charge in [0.1, 0.15) is 0 Å². The van der Waals surface area contributed by atoms with Crippen LogP contribution < -0.4 is 26.6 Å². The highest BCUT2D eigenvalue weighted by atomic mass is 35.5.